The number of aldehydes is 1. The van der Waals surface area contributed by atoms with Crippen molar-refractivity contribution in [3.63, 3.8) is 0 Å². The third-order valence-electron chi connectivity index (χ3n) is 3.22. The zero-order chi connectivity index (χ0) is 15.1. The van der Waals surface area contributed by atoms with Crippen molar-refractivity contribution < 1.29 is 9.90 Å². The number of halogens is 3. The number of fused-ring (bicyclic) bond motifs is 1. The first-order valence-corrected chi connectivity index (χ1v) is 7.09. The number of nitrogens with one attached hydrogen (secondary N) is 1. The first-order valence-electron chi connectivity index (χ1n) is 5.95. The molecule has 0 unspecified atom stereocenters. The number of phenols is 1. The van der Waals surface area contributed by atoms with Crippen molar-refractivity contribution in [2.45, 2.75) is 0 Å². The number of carbonyl (C=O) groups is 1. The van der Waals surface area contributed by atoms with E-state index in [4.69, 9.17) is 34.8 Å². The number of H-pyrrole nitrogens is 1. The van der Waals surface area contributed by atoms with Gasteiger partial charge >= 0.3 is 0 Å². The molecular weight excluding hydrogens is 333 g/mol. The maximum Gasteiger partial charge on any atom is 0.152 e. The van der Waals surface area contributed by atoms with Gasteiger partial charge in [-0.05, 0) is 29.8 Å². The molecule has 0 radical (unpaired) electrons. The molecule has 0 bridgehead atoms. The van der Waals surface area contributed by atoms with Crippen LogP contribution in [0.2, 0.25) is 15.1 Å². The number of aromatic nitrogens is 1. The number of rotatable bonds is 2. The van der Waals surface area contributed by atoms with Crippen molar-refractivity contribution in [1.29, 1.82) is 0 Å². The SMILES string of the molecule is O=Cc1c[nH]c2cc(-c3cc(Cl)cc(Cl)c3Cl)cc(O)c12. The number of phenolic OH excluding ortho intramolecular Hbond substituents is 1. The molecule has 0 saturated carbocycles. The molecule has 3 aromatic rings. The molecule has 21 heavy (non-hydrogen) atoms. The van der Waals surface area contributed by atoms with E-state index < -0.39 is 0 Å². The summed E-state index contributed by atoms with van der Waals surface area (Å²) in [5, 5.41) is 11.8. The van der Waals surface area contributed by atoms with Crippen LogP contribution in [-0.2, 0) is 0 Å². The van der Waals surface area contributed by atoms with Crippen LogP contribution in [0.1, 0.15) is 10.4 Å². The highest BCUT2D eigenvalue weighted by molar-refractivity contribution is 6.45. The van der Waals surface area contributed by atoms with Crippen LogP contribution in [0.15, 0.2) is 30.5 Å². The van der Waals surface area contributed by atoms with Crippen LogP contribution in [0.3, 0.4) is 0 Å². The first-order chi connectivity index (χ1) is 10.0. The van der Waals surface area contributed by atoms with Crippen LogP contribution in [0.4, 0.5) is 0 Å². The fourth-order valence-corrected chi connectivity index (χ4v) is 3.00. The molecule has 6 heteroatoms. The van der Waals surface area contributed by atoms with Crippen molar-refractivity contribution in [3.05, 3.63) is 51.1 Å². The molecule has 0 spiro atoms. The fraction of sp³-hybridized carbons (Fsp3) is 0. The first kappa shape index (κ1) is 14.3. The maximum absolute atomic E-state index is 10.9. The molecular formula is C15H8Cl3NO2. The summed E-state index contributed by atoms with van der Waals surface area (Å²) >= 11 is 18.2. The van der Waals surface area contributed by atoms with Gasteiger partial charge in [0.05, 0.1) is 20.9 Å². The lowest BCUT2D eigenvalue weighted by Gasteiger charge is -2.09. The van der Waals surface area contributed by atoms with Crippen LogP contribution >= 0.6 is 34.8 Å². The molecule has 0 fully saturated rings. The Kier molecular flexibility index (Phi) is 3.57. The smallest absolute Gasteiger partial charge is 0.152 e. The maximum atomic E-state index is 10.9. The molecule has 0 aliphatic rings. The average Bonchev–Trinajstić information content (AvgIpc) is 2.86. The van der Waals surface area contributed by atoms with Gasteiger partial charge in [-0.25, -0.2) is 0 Å². The third kappa shape index (κ3) is 2.38. The fourth-order valence-electron chi connectivity index (χ4n) is 2.29. The van der Waals surface area contributed by atoms with Gasteiger partial charge in [-0.15, -0.1) is 0 Å². The largest absolute Gasteiger partial charge is 0.507 e. The number of hydrogen-bond donors (Lipinski definition) is 2. The Bertz CT molecular complexity index is 871. The lowest BCUT2D eigenvalue weighted by Crippen LogP contribution is -1.84. The van der Waals surface area contributed by atoms with Gasteiger partial charge in [0, 0.05) is 22.3 Å². The van der Waals surface area contributed by atoms with Crippen LogP contribution in [0.25, 0.3) is 22.0 Å². The normalized spacial score (nSPS) is 11.0. The summed E-state index contributed by atoms with van der Waals surface area (Å²) in [4.78, 5) is 13.9. The number of carbonyl (C=O) groups excluding carboxylic acids is 1. The van der Waals surface area contributed by atoms with Gasteiger partial charge in [0.15, 0.2) is 6.29 Å². The average molecular weight is 341 g/mol. The van der Waals surface area contributed by atoms with Crippen molar-refractivity contribution in [3.8, 4) is 16.9 Å². The minimum Gasteiger partial charge on any atom is -0.507 e. The second kappa shape index (κ2) is 5.26. The lowest BCUT2D eigenvalue weighted by molar-refractivity contribution is 0.112. The monoisotopic (exact) mass is 339 g/mol. The van der Waals surface area contributed by atoms with Crippen LogP contribution in [0.5, 0.6) is 5.75 Å². The Labute approximate surface area is 135 Å². The molecule has 0 amide bonds. The summed E-state index contributed by atoms with van der Waals surface area (Å²) in [5.74, 6) is -0.0157. The Morgan fingerprint density at radius 2 is 1.86 bits per heavy atom. The highest BCUT2D eigenvalue weighted by atomic mass is 35.5. The van der Waals surface area contributed by atoms with Crippen LogP contribution in [0, 0.1) is 0 Å². The minimum absolute atomic E-state index is 0.0157. The van der Waals surface area contributed by atoms with Gasteiger partial charge in [-0.1, -0.05) is 34.8 Å². The Morgan fingerprint density at radius 1 is 1.10 bits per heavy atom. The third-order valence-corrected chi connectivity index (χ3v) is 4.24. The minimum atomic E-state index is -0.0157. The van der Waals surface area contributed by atoms with E-state index in [0.29, 0.717) is 48.9 Å². The van der Waals surface area contributed by atoms with E-state index in [1.165, 1.54) is 12.3 Å². The molecule has 0 saturated heterocycles. The van der Waals surface area contributed by atoms with Crippen LogP contribution in [-0.4, -0.2) is 16.4 Å². The Morgan fingerprint density at radius 3 is 2.57 bits per heavy atom. The molecule has 1 heterocycles. The molecule has 0 aliphatic heterocycles. The molecule has 0 aliphatic carbocycles. The van der Waals surface area contributed by atoms with E-state index in [0.717, 1.165) is 0 Å². The van der Waals surface area contributed by atoms with Gasteiger partial charge < -0.3 is 10.1 Å². The van der Waals surface area contributed by atoms with E-state index in [2.05, 4.69) is 4.98 Å². The van der Waals surface area contributed by atoms with Crippen molar-refractivity contribution in [2.24, 2.45) is 0 Å². The lowest BCUT2D eigenvalue weighted by atomic mass is 10.0. The predicted molar refractivity (Wildman–Crippen MR) is 85.8 cm³/mol. The quantitative estimate of drug-likeness (QED) is 0.490. The van der Waals surface area contributed by atoms with Gasteiger partial charge in [0.1, 0.15) is 5.75 Å². The number of aromatic amines is 1. The second-order valence-corrected chi connectivity index (χ2v) is 5.75. The summed E-state index contributed by atoms with van der Waals surface area (Å²) < 4.78 is 0. The summed E-state index contributed by atoms with van der Waals surface area (Å²) in [6.07, 6.45) is 2.22. The van der Waals surface area contributed by atoms with Crippen molar-refractivity contribution in [1.82, 2.24) is 4.98 Å². The molecule has 3 rings (SSSR count). The zero-order valence-electron chi connectivity index (χ0n) is 10.5. The standard InChI is InChI=1S/C15H8Cl3NO2/c16-9-3-10(15(18)11(17)4-9)7-1-12-14(13(21)2-7)8(6-20)5-19-12/h1-6,19,21H. The van der Waals surface area contributed by atoms with Gasteiger partial charge in [0.25, 0.3) is 0 Å². The summed E-state index contributed by atoms with van der Waals surface area (Å²) in [6, 6.07) is 6.51. The predicted octanol–water partition coefficient (Wildman–Crippen LogP) is 5.31. The summed E-state index contributed by atoms with van der Waals surface area (Å²) in [5.41, 5.74) is 2.27. The van der Waals surface area contributed by atoms with E-state index in [1.807, 2.05) is 0 Å². The number of hydrogen-bond acceptors (Lipinski definition) is 2. The van der Waals surface area contributed by atoms with Gasteiger partial charge in [-0.2, -0.15) is 0 Å². The molecule has 0 atom stereocenters. The zero-order valence-corrected chi connectivity index (χ0v) is 12.7. The second-order valence-electron chi connectivity index (χ2n) is 4.53. The van der Waals surface area contributed by atoms with Crippen molar-refractivity contribution in [2.75, 3.05) is 0 Å². The van der Waals surface area contributed by atoms with Crippen molar-refractivity contribution >= 4 is 52.0 Å². The highest BCUT2D eigenvalue weighted by Gasteiger charge is 2.14. The Hall–Kier alpha value is -1.68. The topological polar surface area (TPSA) is 53.1 Å². The van der Waals surface area contributed by atoms with E-state index in [1.54, 1.807) is 18.2 Å². The van der Waals surface area contributed by atoms with E-state index in [9.17, 15) is 9.90 Å². The molecule has 1 aromatic heterocycles. The van der Waals surface area contributed by atoms with E-state index in [-0.39, 0.29) is 5.75 Å². The van der Waals surface area contributed by atoms with Crippen LogP contribution < -0.4 is 0 Å². The molecule has 2 aromatic carbocycles. The van der Waals surface area contributed by atoms with Gasteiger partial charge in [-0.3, -0.25) is 4.79 Å². The summed E-state index contributed by atoms with van der Waals surface area (Å²) in [6.45, 7) is 0. The number of benzene rings is 2. The molecule has 3 nitrogen and oxygen atoms in total. The number of aromatic hydroxyl groups is 1. The summed E-state index contributed by atoms with van der Waals surface area (Å²) in [7, 11) is 0. The Balaban J connectivity index is 2.29. The van der Waals surface area contributed by atoms with Gasteiger partial charge in [0.2, 0.25) is 0 Å². The molecule has 2 N–H and O–H groups in total. The highest BCUT2D eigenvalue weighted by Crippen LogP contribution is 2.40. The molecule has 106 valence electrons. The van der Waals surface area contributed by atoms with E-state index >= 15 is 0 Å².